The van der Waals surface area contributed by atoms with Gasteiger partial charge in [-0.1, -0.05) is 25.4 Å². The summed E-state index contributed by atoms with van der Waals surface area (Å²) < 4.78 is 5.32. The lowest BCUT2D eigenvalue weighted by molar-refractivity contribution is 0.132. The zero-order valence-electron chi connectivity index (χ0n) is 12.4. The largest absolute Gasteiger partial charge is 0.338 e. The minimum Gasteiger partial charge on any atom is -0.338 e. The fourth-order valence-electron chi connectivity index (χ4n) is 2.45. The molecule has 20 heavy (non-hydrogen) atoms. The summed E-state index contributed by atoms with van der Waals surface area (Å²) in [6.45, 7) is 5.58. The van der Waals surface area contributed by atoms with Gasteiger partial charge in [0, 0.05) is 19.5 Å². The number of aromatic nitrogens is 2. The fraction of sp³-hybridized carbons (Fsp3) is 0.786. The van der Waals surface area contributed by atoms with E-state index in [-0.39, 0.29) is 12.1 Å². The van der Waals surface area contributed by atoms with Gasteiger partial charge in [-0.2, -0.15) is 4.98 Å². The standard InChI is InChI=1S/C14H24N4O2/c1-3-5-9-15-14(19)18-10-7-6-8-11(18)13-16-12(4-2)17-20-13/h11H,3-10H2,1-2H3,(H,15,19). The maximum Gasteiger partial charge on any atom is 0.318 e. The Morgan fingerprint density at radius 1 is 1.45 bits per heavy atom. The Morgan fingerprint density at radius 2 is 2.30 bits per heavy atom. The highest BCUT2D eigenvalue weighted by molar-refractivity contribution is 5.74. The van der Waals surface area contributed by atoms with Gasteiger partial charge in [0.15, 0.2) is 5.82 Å². The quantitative estimate of drug-likeness (QED) is 0.842. The van der Waals surface area contributed by atoms with E-state index in [9.17, 15) is 4.79 Å². The molecule has 0 aromatic carbocycles. The van der Waals surface area contributed by atoms with Crippen LogP contribution in [-0.4, -0.2) is 34.2 Å². The van der Waals surface area contributed by atoms with Crippen LogP contribution in [0.4, 0.5) is 4.79 Å². The highest BCUT2D eigenvalue weighted by Gasteiger charge is 2.31. The van der Waals surface area contributed by atoms with Crippen LogP contribution in [-0.2, 0) is 6.42 Å². The average Bonchev–Trinajstić information content (AvgIpc) is 2.96. The van der Waals surface area contributed by atoms with Crippen LogP contribution in [0.15, 0.2) is 4.52 Å². The summed E-state index contributed by atoms with van der Waals surface area (Å²) >= 11 is 0. The number of aryl methyl sites for hydroxylation is 1. The summed E-state index contributed by atoms with van der Waals surface area (Å²) in [7, 11) is 0. The number of nitrogens with one attached hydrogen (secondary N) is 1. The Labute approximate surface area is 119 Å². The Morgan fingerprint density at radius 3 is 3.00 bits per heavy atom. The van der Waals surface area contributed by atoms with E-state index in [1.807, 2.05) is 11.8 Å². The minimum absolute atomic E-state index is 0.0144. The van der Waals surface area contributed by atoms with Gasteiger partial charge in [0.05, 0.1) is 0 Å². The second-order valence-electron chi connectivity index (χ2n) is 5.19. The summed E-state index contributed by atoms with van der Waals surface area (Å²) in [6, 6.07) is -0.0856. The SMILES string of the molecule is CCCCNC(=O)N1CCCCC1c1nc(CC)no1. The van der Waals surface area contributed by atoms with Gasteiger partial charge in [-0.15, -0.1) is 0 Å². The van der Waals surface area contributed by atoms with Gasteiger partial charge < -0.3 is 14.7 Å². The molecule has 2 rings (SSSR count). The molecular formula is C14H24N4O2. The van der Waals surface area contributed by atoms with E-state index in [4.69, 9.17) is 4.52 Å². The van der Waals surface area contributed by atoms with E-state index in [1.54, 1.807) is 0 Å². The van der Waals surface area contributed by atoms with E-state index in [2.05, 4.69) is 22.4 Å². The zero-order valence-corrected chi connectivity index (χ0v) is 12.4. The van der Waals surface area contributed by atoms with Gasteiger partial charge in [-0.25, -0.2) is 4.79 Å². The highest BCUT2D eigenvalue weighted by Crippen LogP contribution is 2.29. The first kappa shape index (κ1) is 14.8. The molecule has 0 radical (unpaired) electrons. The molecule has 0 aliphatic carbocycles. The third kappa shape index (κ3) is 3.49. The Balaban J connectivity index is 2.02. The summed E-state index contributed by atoms with van der Waals surface area (Å²) in [4.78, 5) is 18.5. The Kier molecular flexibility index (Phi) is 5.38. The van der Waals surface area contributed by atoms with Crippen molar-refractivity contribution in [1.29, 1.82) is 0 Å². The summed E-state index contributed by atoms with van der Waals surface area (Å²) in [5.74, 6) is 1.28. The number of urea groups is 1. The van der Waals surface area contributed by atoms with Crippen LogP contribution < -0.4 is 5.32 Å². The second-order valence-corrected chi connectivity index (χ2v) is 5.19. The molecule has 0 spiro atoms. The van der Waals surface area contributed by atoms with E-state index < -0.39 is 0 Å². The van der Waals surface area contributed by atoms with Crippen molar-refractivity contribution >= 4 is 6.03 Å². The molecule has 2 amide bonds. The summed E-state index contributed by atoms with van der Waals surface area (Å²) in [6.07, 6.45) is 5.85. The van der Waals surface area contributed by atoms with Crippen LogP contribution >= 0.6 is 0 Å². The Bertz CT molecular complexity index is 433. The maximum absolute atomic E-state index is 12.3. The van der Waals surface area contributed by atoms with Crippen LogP contribution in [0, 0.1) is 0 Å². The predicted molar refractivity (Wildman–Crippen MR) is 75.3 cm³/mol. The number of amides is 2. The molecule has 1 unspecified atom stereocenters. The van der Waals surface area contributed by atoms with E-state index in [0.29, 0.717) is 11.7 Å². The first-order valence-electron chi connectivity index (χ1n) is 7.63. The van der Waals surface area contributed by atoms with Crippen molar-refractivity contribution in [2.24, 2.45) is 0 Å². The zero-order chi connectivity index (χ0) is 14.4. The number of unbranched alkanes of at least 4 members (excludes halogenated alkanes) is 1. The van der Waals surface area contributed by atoms with Gasteiger partial charge in [-0.05, 0) is 25.7 Å². The van der Waals surface area contributed by atoms with Crippen molar-refractivity contribution < 1.29 is 9.32 Å². The van der Waals surface area contributed by atoms with Crippen molar-refractivity contribution in [3.63, 3.8) is 0 Å². The lowest BCUT2D eigenvalue weighted by atomic mass is 10.0. The number of nitrogens with zero attached hydrogens (tertiary/aromatic N) is 3. The number of rotatable bonds is 5. The van der Waals surface area contributed by atoms with Crippen molar-refractivity contribution in [3.05, 3.63) is 11.7 Å². The van der Waals surface area contributed by atoms with Crippen molar-refractivity contribution in [2.45, 2.75) is 58.4 Å². The lowest BCUT2D eigenvalue weighted by Gasteiger charge is -2.33. The van der Waals surface area contributed by atoms with Crippen molar-refractivity contribution in [1.82, 2.24) is 20.4 Å². The average molecular weight is 280 g/mol. The maximum atomic E-state index is 12.3. The van der Waals surface area contributed by atoms with Crippen LogP contribution in [0.25, 0.3) is 0 Å². The molecule has 0 saturated carbocycles. The van der Waals surface area contributed by atoms with Gasteiger partial charge >= 0.3 is 6.03 Å². The van der Waals surface area contributed by atoms with Crippen LogP contribution in [0.2, 0.25) is 0 Å². The molecule has 0 bridgehead atoms. The predicted octanol–water partition coefficient (Wildman–Crippen LogP) is 2.67. The molecule has 1 atom stereocenters. The van der Waals surface area contributed by atoms with Crippen LogP contribution in [0.5, 0.6) is 0 Å². The molecule has 1 aliphatic rings. The van der Waals surface area contributed by atoms with E-state index in [1.165, 1.54) is 0 Å². The summed E-state index contributed by atoms with van der Waals surface area (Å²) in [5, 5.41) is 6.91. The molecule has 6 nitrogen and oxygen atoms in total. The molecule has 6 heteroatoms. The molecular weight excluding hydrogens is 256 g/mol. The third-order valence-electron chi connectivity index (χ3n) is 3.66. The molecule has 1 aromatic heterocycles. The number of carbonyl (C=O) groups is 1. The Hall–Kier alpha value is -1.59. The second kappa shape index (κ2) is 7.26. The van der Waals surface area contributed by atoms with Gasteiger partial charge in [-0.3, -0.25) is 0 Å². The molecule has 1 N–H and O–H groups in total. The smallest absolute Gasteiger partial charge is 0.318 e. The van der Waals surface area contributed by atoms with Crippen molar-refractivity contribution in [2.75, 3.05) is 13.1 Å². The van der Waals surface area contributed by atoms with Gasteiger partial charge in [0.2, 0.25) is 5.89 Å². The normalized spacial score (nSPS) is 19.1. The number of likely N-dealkylation sites (tertiary alicyclic amines) is 1. The van der Waals surface area contributed by atoms with Crippen LogP contribution in [0.1, 0.15) is 63.7 Å². The molecule has 2 heterocycles. The van der Waals surface area contributed by atoms with Gasteiger partial charge in [0.25, 0.3) is 0 Å². The number of hydrogen-bond donors (Lipinski definition) is 1. The minimum atomic E-state index is -0.0711. The van der Waals surface area contributed by atoms with Crippen molar-refractivity contribution in [3.8, 4) is 0 Å². The van der Waals surface area contributed by atoms with Gasteiger partial charge in [0.1, 0.15) is 6.04 Å². The lowest BCUT2D eigenvalue weighted by Crippen LogP contribution is -2.45. The molecule has 1 aromatic rings. The fourth-order valence-corrected chi connectivity index (χ4v) is 2.45. The van der Waals surface area contributed by atoms with E-state index >= 15 is 0 Å². The summed E-state index contributed by atoms with van der Waals surface area (Å²) in [5.41, 5.74) is 0. The number of carbonyl (C=O) groups excluding carboxylic acids is 1. The topological polar surface area (TPSA) is 71.3 Å². The molecule has 112 valence electrons. The monoisotopic (exact) mass is 280 g/mol. The third-order valence-corrected chi connectivity index (χ3v) is 3.66. The van der Waals surface area contributed by atoms with E-state index in [0.717, 1.165) is 51.6 Å². The number of hydrogen-bond acceptors (Lipinski definition) is 4. The van der Waals surface area contributed by atoms with Crippen LogP contribution in [0.3, 0.4) is 0 Å². The molecule has 1 fully saturated rings. The molecule has 1 aliphatic heterocycles. The first-order valence-corrected chi connectivity index (χ1v) is 7.63. The first-order chi connectivity index (χ1) is 9.76. The highest BCUT2D eigenvalue weighted by atomic mass is 16.5. The number of piperidine rings is 1. The molecule has 1 saturated heterocycles.